The molecule has 58 valence electrons. The minimum atomic E-state index is -0.0324. The van der Waals surface area contributed by atoms with E-state index in [9.17, 15) is 0 Å². The van der Waals surface area contributed by atoms with Crippen LogP contribution in [0.1, 0.15) is 5.76 Å². The first-order valence-electron chi connectivity index (χ1n) is 2.18. The van der Waals surface area contributed by atoms with Crippen molar-refractivity contribution in [2.75, 3.05) is 0 Å². The summed E-state index contributed by atoms with van der Waals surface area (Å²) in [6, 6.07) is 3.33. The number of rotatable bonds is 1. The fraction of sp³-hybridized carbons (Fsp3) is 0. The standard InChI is InChI=1S/C5H6N2O.ClH.H2O/c6-5(7)4-2-1-3-8-4;;/h1-3H,(H3,6,7);1H;1H2. The Balaban J connectivity index is 0. The minimum Gasteiger partial charge on any atom is -0.461 e. The van der Waals surface area contributed by atoms with Crippen LogP contribution in [0.25, 0.3) is 0 Å². The van der Waals surface area contributed by atoms with Gasteiger partial charge in [-0.3, -0.25) is 5.41 Å². The highest BCUT2D eigenvalue weighted by Gasteiger charge is 1.94. The molecule has 1 heterocycles. The van der Waals surface area contributed by atoms with Crippen molar-refractivity contribution in [2.24, 2.45) is 5.73 Å². The van der Waals surface area contributed by atoms with E-state index in [-0.39, 0.29) is 23.7 Å². The zero-order chi connectivity index (χ0) is 5.98. The van der Waals surface area contributed by atoms with E-state index in [2.05, 4.69) is 0 Å². The van der Waals surface area contributed by atoms with E-state index in [1.807, 2.05) is 0 Å². The van der Waals surface area contributed by atoms with E-state index in [1.165, 1.54) is 6.26 Å². The molecule has 0 saturated heterocycles. The van der Waals surface area contributed by atoms with Crippen molar-refractivity contribution in [2.45, 2.75) is 0 Å². The summed E-state index contributed by atoms with van der Waals surface area (Å²) in [5.41, 5.74) is 5.05. The highest BCUT2D eigenvalue weighted by atomic mass is 35.5. The number of furan rings is 1. The Morgan fingerprint density at radius 2 is 2.20 bits per heavy atom. The van der Waals surface area contributed by atoms with Gasteiger partial charge in [0.2, 0.25) is 0 Å². The summed E-state index contributed by atoms with van der Waals surface area (Å²) in [6.45, 7) is 0. The lowest BCUT2D eigenvalue weighted by Crippen LogP contribution is -2.08. The van der Waals surface area contributed by atoms with Crippen molar-refractivity contribution < 1.29 is 9.89 Å². The Kier molecular flexibility index (Phi) is 5.69. The molecule has 1 aromatic rings. The Hall–Kier alpha value is -1.00. The van der Waals surface area contributed by atoms with Gasteiger partial charge in [0.05, 0.1) is 6.26 Å². The third-order valence-corrected chi connectivity index (χ3v) is 0.787. The van der Waals surface area contributed by atoms with E-state index in [0.29, 0.717) is 5.76 Å². The van der Waals surface area contributed by atoms with Crippen molar-refractivity contribution in [1.82, 2.24) is 0 Å². The Labute approximate surface area is 64.2 Å². The van der Waals surface area contributed by atoms with Gasteiger partial charge >= 0.3 is 0 Å². The van der Waals surface area contributed by atoms with Gasteiger partial charge in [0.25, 0.3) is 0 Å². The fourth-order valence-corrected chi connectivity index (χ4v) is 0.432. The molecule has 0 spiro atoms. The minimum absolute atomic E-state index is 0. The molecular formula is C5H9ClN2O2. The third kappa shape index (κ3) is 2.52. The van der Waals surface area contributed by atoms with Gasteiger partial charge in [-0.25, -0.2) is 0 Å². The van der Waals surface area contributed by atoms with Gasteiger partial charge < -0.3 is 15.6 Å². The molecule has 0 aromatic carbocycles. The number of halogens is 1. The average molecular weight is 165 g/mol. The maximum absolute atomic E-state index is 6.84. The van der Waals surface area contributed by atoms with Gasteiger partial charge in [-0.15, -0.1) is 12.4 Å². The van der Waals surface area contributed by atoms with Crippen molar-refractivity contribution in [3.63, 3.8) is 0 Å². The molecule has 5 heteroatoms. The molecule has 1 aromatic heterocycles. The second kappa shape index (κ2) is 4.84. The normalized spacial score (nSPS) is 7.20. The summed E-state index contributed by atoms with van der Waals surface area (Å²) >= 11 is 0. The van der Waals surface area contributed by atoms with E-state index in [4.69, 9.17) is 15.6 Å². The number of nitrogens with one attached hydrogen (secondary N) is 1. The van der Waals surface area contributed by atoms with Crippen LogP contribution in [0, 0.1) is 5.41 Å². The van der Waals surface area contributed by atoms with Gasteiger partial charge in [-0.1, -0.05) is 0 Å². The molecule has 0 amide bonds. The van der Waals surface area contributed by atoms with Crippen molar-refractivity contribution in [1.29, 1.82) is 5.41 Å². The Morgan fingerprint density at radius 1 is 1.60 bits per heavy atom. The molecule has 0 bridgehead atoms. The monoisotopic (exact) mass is 164 g/mol. The molecule has 5 N–H and O–H groups in total. The van der Waals surface area contributed by atoms with Crippen LogP contribution in [-0.4, -0.2) is 11.3 Å². The number of hydrogen-bond acceptors (Lipinski definition) is 2. The third-order valence-electron chi connectivity index (χ3n) is 0.787. The molecule has 10 heavy (non-hydrogen) atoms. The van der Waals surface area contributed by atoms with Crippen LogP contribution in [0.5, 0.6) is 0 Å². The molecule has 0 radical (unpaired) electrons. The van der Waals surface area contributed by atoms with Gasteiger partial charge in [-0.2, -0.15) is 0 Å². The zero-order valence-corrected chi connectivity index (χ0v) is 5.94. The average Bonchev–Trinajstić information content (AvgIpc) is 2.12. The van der Waals surface area contributed by atoms with Crippen LogP contribution in [0.15, 0.2) is 22.8 Å². The van der Waals surface area contributed by atoms with Crippen LogP contribution in [0.2, 0.25) is 0 Å². The van der Waals surface area contributed by atoms with Crippen molar-refractivity contribution >= 4 is 18.2 Å². The number of nitrogens with two attached hydrogens (primary N) is 1. The predicted molar refractivity (Wildman–Crippen MR) is 40.6 cm³/mol. The van der Waals surface area contributed by atoms with Gasteiger partial charge in [0.15, 0.2) is 11.6 Å². The molecular weight excluding hydrogens is 156 g/mol. The highest BCUT2D eigenvalue weighted by molar-refractivity contribution is 5.91. The fourth-order valence-electron chi connectivity index (χ4n) is 0.432. The summed E-state index contributed by atoms with van der Waals surface area (Å²) in [7, 11) is 0. The second-order valence-corrected chi connectivity index (χ2v) is 1.39. The number of amidine groups is 1. The second-order valence-electron chi connectivity index (χ2n) is 1.39. The first-order valence-corrected chi connectivity index (χ1v) is 2.18. The largest absolute Gasteiger partial charge is 0.461 e. The highest BCUT2D eigenvalue weighted by Crippen LogP contribution is 1.95. The van der Waals surface area contributed by atoms with Crippen LogP contribution in [0.4, 0.5) is 0 Å². The smallest absolute Gasteiger partial charge is 0.168 e. The molecule has 0 aliphatic rings. The van der Waals surface area contributed by atoms with Crippen LogP contribution < -0.4 is 5.73 Å². The molecule has 0 saturated carbocycles. The van der Waals surface area contributed by atoms with Crippen molar-refractivity contribution in [3.8, 4) is 0 Å². The quantitative estimate of drug-likeness (QED) is 0.457. The molecule has 0 aliphatic carbocycles. The topological polar surface area (TPSA) is 94.5 Å². The number of hydrogen-bond donors (Lipinski definition) is 2. The lowest BCUT2D eigenvalue weighted by molar-refractivity contribution is 0.556. The first kappa shape index (κ1) is 11.8. The maximum Gasteiger partial charge on any atom is 0.168 e. The SMILES string of the molecule is Cl.N=C(N)c1ccco1.O. The van der Waals surface area contributed by atoms with Crippen LogP contribution >= 0.6 is 12.4 Å². The Bertz CT molecular complexity index is 186. The van der Waals surface area contributed by atoms with Crippen LogP contribution in [-0.2, 0) is 0 Å². The molecule has 0 fully saturated rings. The summed E-state index contributed by atoms with van der Waals surface area (Å²) in [5, 5.41) is 6.84. The first-order chi connectivity index (χ1) is 3.80. The summed E-state index contributed by atoms with van der Waals surface area (Å²) in [4.78, 5) is 0. The molecule has 0 atom stereocenters. The summed E-state index contributed by atoms with van der Waals surface area (Å²) in [6.07, 6.45) is 1.48. The van der Waals surface area contributed by atoms with E-state index < -0.39 is 0 Å². The number of nitrogen functional groups attached to an aromatic ring is 1. The van der Waals surface area contributed by atoms with Crippen LogP contribution in [0.3, 0.4) is 0 Å². The maximum atomic E-state index is 6.84. The summed E-state index contributed by atoms with van der Waals surface area (Å²) in [5.74, 6) is 0.389. The summed E-state index contributed by atoms with van der Waals surface area (Å²) < 4.78 is 4.75. The van der Waals surface area contributed by atoms with E-state index in [0.717, 1.165) is 0 Å². The van der Waals surface area contributed by atoms with Crippen molar-refractivity contribution in [3.05, 3.63) is 24.2 Å². The molecule has 1 rings (SSSR count). The molecule has 0 unspecified atom stereocenters. The van der Waals surface area contributed by atoms with E-state index >= 15 is 0 Å². The lowest BCUT2D eigenvalue weighted by atomic mass is 10.4. The molecule has 4 nitrogen and oxygen atoms in total. The lowest BCUT2D eigenvalue weighted by Gasteiger charge is -1.84. The predicted octanol–water partition coefficient (Wildman–Crippen LogP) is 0.161. The van der Waals surface area contributed by atoms with Gasteiger partial charge in [0.1, 0.15) is 0 Å². The zero-order valence-electron chi connectivity index (χ0n) is 5.13. The van der Waals surface area contributed by atoms with Gasteiger partial charge in [-0.05, 0) is 12.1 Å². The van der Waals surface area contributed by atoms with Gasteiger partial charge in [0, 0.05) is 0 Å². The Morgan fingerprint density at radius 3 is 2.40 bits per heavy atom. The van der Waals surface area contributed by atoms with E-state index in [1.54, 1.807) is 12.1 Å². The molecule has 0 aliphatic heterocycles.